The van der Waals surface area contributed by atoms with Crippen molar-refractivity contribution < 1.29 is 0 Å². The van der Waals surface area contributed by atoms with Crippen LogP contribution in [0.15, 0.2) is 30.3 Å². The van der Waals surface area contributed by atoms with Gasteiger partial charge in [-0.2, -0.15) is 4.52 Å². The number of aromatic nitrogens is 4. The lowest BCUT2D eigenvalue weighted by Crippen LogP contribution is -2.02. The normalized spacial score (nSPS) is 11.4. The van der Waals surface area contributed by atoms with Crippen molar-refractivity contribution in [3.05, 3.63) is 41.3 Å². The molecule has 3 aromatic rings. The first-order valence-corrected chi connectivity index (χ1v) is 6.72. The number of fused-ring (bicyclic) bond motifs is 1. The van der Waals surface area contributed by atoms with E-state index in [0.717, 1.165) is 11.4 Å². The Morgan fingerprint density at radius 3 is 2.50 bits per heavy atom. The quantitative estimate of drug-likeness (QED) is 0.786. The van der Waals surface area contributed by atoms with E-state index >= 15 is 0 Å². The molecule has 20 heavy (non-hydrogen) atoms. The molecule has 0 saturated carbocycles. The van der Waals surface area contributed by atoms with Gasteiger partial charge in [0.1, 0.15) is 5.69 Å². The topological polar surface area (TPSA) is 69.1 Å². The highest BCUT2D eigenvalue weighted by molar-refractivity contribution is 6.32. The fourth-order valence-corrected chi connectivity index (χ4v) is 2.14. The maximum absolute atomic E-state index is 6.18. The van der Waals surface area contributed by atoms with E-state index in [1.165, 1.54) is 0 Å². The van der Waals surface area contributed by atoms with Crippen molar-refractivity contribution in [2.24, 2.45) is 0 Å². The molecule has 0 atom stereocenters. The van der Waals surface area contributed by atoms with Crippen molar-refractivity contribution in [1.29, 1.82) is 0 Å². The highest BCUT2D eigenvalue weighted by Gasteiger charge is 2.17. The summed E-state index contributed by atoms with van der Waals surface area (Å²) in [7, 11) is 0. The molecule has 2 aromatic heterocycles. The Labute approximate surface area is 121 Å². The average Bonchev–Trinajstić information content (AvgIpc) is 2.89. The smallest absolute Gasteiger partial charge is 0.183 e. The minimum atomic E-state index is 0.204. The number of anilines is 1. The molecule has 0 aliphatic carbocycles. The van der Waals surface area contributed by atoms with Crippen molar-refractivity contribution in [1.82, 2.24) is 19.6 Å². The molecule has 6 heteroatoms. The van der Waals surface area contributed by atoms with Crippen LogP contribution < -0.4 is 5.73 Å². The van der Waals surface area contributed by atoms with Gasteiger partial charge in [-0.25, -0.2) is 9.97 Å². The molecule has 0 saturated heterocycles. The van der Waals surface area contributed by atoms with Crippen LogP contribution in [-0.2, 0) is 0 Å². The Morgan fingerprint density at radius 2 is 1.85 bits per heavy atom. The summed E-state index contributed by atoms with van der Waals surface area (Å²) in [6, 6.07) is 9.75. The second kappa shape index (κ2) is 4.76. The summed E-state index contributed by atoms with van der Waals surface area (Å²) in [5.74, 6) is 1.17. The van der Waals surface area contributed by atoms with Gasteiger partial charge in [0.15, 0.2) is 22.4 Å². The van der Waals surface area contributed by atoms with E-state index in [0.29, 0.717) is 16.5 Å². The number of nitrogens with zero attached hydrogens (tertiary/aromatic N) is 4. The molecule has 0 spiro atoms. The molecule has 102 valence electrons. The molecule has 5 nitrogen and oxygen atoms in total. The fraction of sp³-hybridized carbons (Fsp3) is 0.214. The van der Waals surface area contributed by atoms with Gasteiger partial charge in [-0.1, -0.05) is 55.8 Å². The van der Waals surface area contributed by atoms with Crippen molar-refractivity contribution in [2.45, 2.75) is 19.8 Å². The molecule has 0 radical (unpaired) electrons. The molecular weight excluding hydrogens is 274 g/mol. The number of hydrogen-bond acceptors (Lipinski definition) is 4. The van der Waals surface area contributed by atoms with E-state index < -0.39 is 0 Å². The first-order chi connectivity index (χ1) is 9.58. The van der Waals surface area contributed by atoms with Crippen molar-refractivity contribution in [2.75, 3.05) is 5.73 Å². The van der Waals surface area contributed by atoms with Crippen LogP contribution >= 0.6 is 11.6 Å². The number of rotatable bonds is 2. The van der Waals surface area contributed by atoms with Gasteiger partial charge < -0.3 is 5.73 Å². The van der Waals surface area contributed by atoms with Gasteiger partial charge in [-0.05, 0) is 0 Å². The van der Waals surface area contributed by atoms with Crippen LogP contribution in [0.2, 0.25) is 5.15 Å². The molecule has 2 N–H and O–H groups in total. The van der Waals surface area contributed by atoms with Crippen molar-refractivity contribution in [3.8, 4) is 11.3 Å². The highest BCUT2D eigenvalue weighted by Crippen LogP contribution is 2.28. The number of nitrogen functional groups attached to an aromatic ring is 1. The van der Waals surface area contributed by atoms with Gasteiger partial charge >= 0.3 is 0 Å². The summed E-state index contributed by atoms with van der Waals surface area (Å²) < 4.78 is 1.56. The standard InChI is InChI=1S/C14H14ClN5/c1-8(2)13-18-14-10(9-6-4-3-5-7-9)17-12(16)11(15)20(14)19-13/h3-8H,16H2,1-2H3. The Bertz CT molecular complexity index is 764. The molecule has 0 fully saturated rings. The Morgan fingerprint density at radius 1 is 1.15 bits per heavy atom. The SMILES string of the molecule is CC(C)c1nc2c(-c3ccccc3)nc(N)c(Cl)n2n1. The first kappa shape index (κ1) is 12.9. The summed E-state index contributed by atoms with van der Waals surface area (Å²) in [6.07, 6.45) is 0. The van der Waals surface area contributed by atoms with Gasteiger partial charge in [0.05, 0.1) is 0 Å². The third-order valence-corrected chi connectivity index (χ3v) is 3.38. The zero-order chi connectivity index (χ0) is 14.3. The zero-order valence-corrected chi connectivity index (χ0v) is 12.0. The summed E-state index contributed by atoms with van der Waals surface area (Å²) in [5, 5.41) is 4.70. The predicted octanol–water partition coefficient (Wildman–Crippen LogP) is 3.15. The van der Waals surface area contributed by atoms with Crippen LogP contribution in [0.25, 0.3) is 16.9 Å². The Balaban J connectivity index is 2.35. The van der Waals surface area contributed by atoms with Crippen LogP contribution in [0.3, 0.4) is 0 Å². The number of nitrogens with two attached hydrogens (primary N) is 1. The molecule has 1 aromatic carbocycles. The molecule has 2 heterocycles. The minimum absolute atomic E-state index is 0.204. The van der Waals surface area contributed by atoms with Gasteiger partial charge in [-0.3, -0.25) is 0 Å². The van der Waals surface area contributed by atoms with Crippen LogP contribution in [0.1, 0.15) is 25.6 Å². The van der Waals surface area contributed by atoms with E-state index in [1.54, 1.807) is 4.52 Å². The summed E-state index contributed by atoms with van der Waals surface area (Å²) >= 11 is 6.18. The molecule has 0 aliphatic rings. The lowest BCUT2D eigenvalue weighted by Gasteiger charge is -2.05. The van der Waals surface area contributed by atoms with E-state index in [-0.39, 0.29) is 11.7 Å². The van der Waals surface area contributed by atoms with Crippen LogP contribution in [0.4, 0.5) is 5.82 Å². The first-order valence-electron chi connectivity index (χ1n) is 6.35. The summed E-state index contributed by atoms with van der Waals surface area (Å²) in [6.45, 7) is 4.06. The third-order valence-electron chi connectivity index (χ3n) is 3.03. The Hall–Kier alpha value is -2.14. The lowest BCUT2D eigenvalue weighted by atomic mass is 10.1. The summed E-state index contributed by atoms with van der Waals surface area (Å²) in [4.78, 5) is 8.91. The number of hydrogen-bond donors (Lipinski definition) is 1. The monoisotopic (exact) mass is 287 g/mol. The molecule has 0 unspecified atom stereocenters. The van der Waals surface area contributed by atoms with Gasteiger partial charge in [0.2, 0.25) is 0 Å². The largest absolute Gasteiger partial charge is 0.381 e. The second-order valence-corrected chi connectivity index (χ2v) is 5.22. The molecular formula is C14H14ClN5. The van der Waals surface area contributed by atoms with Crippen LogP contribution in [0.5, 0.6) is 0 Å². The number of halogens is 1. The Kier molecular flexibility index (Phi) is 3.06. The summed E-state index contributed by atoms with van der Waals surface area (Å²) in [5.41, 5.74) is 8.12. The minimum Gasteiger partial charge on any atom is -0.381 e. The maximum Gasteiger partial charge on any atom is 0.183 e. The van der Waals surface area contributed by atoms with Gasteiger partial charge in [0.25, 0.3) is 0 Å². The third kappa shape index (κ3) is 2.00. The van der Waals surface area contributed by atoms with Crippen molar-refractivity contribution in [3.63, 3.8) is 0 Å². The molecule has 0 amide bonds. The van der Waals surface area contributed by atoms with Crippen LogP contribution in [-0.4, -0.2) is 19.6 Å². The van der Waals surface area contributed by atoms with Crippen molar-refractivity contribution >= 4 is 23.1 Å². The molecule has 0 aliphatic heterocycles. The van der Waals surface area contributed by atoms with Gasteiger partial charge in [-0.15, -0.1) is 5.10 Å². The van der Waals surface area contributed by atoms with Crippen LogP contribution in [0, 0.1) is 0 Å². The second-order valence-electron chi connectivity index (χ2n) is 4.86. The fourth-order valence-electron chi connectivity index (χ4n) is 1.98. The van der Waals surface area contributed by atoms with Gasteiger partial charge in [0, 0.05) is 11.5 Å². The van der Waals surface area contributed by atoms with E-state index in [1.807, 2.05) is 44.2 Å². The average molecular weight is 288 g/mol. The lowest BCUT2D eigenvalue weighted by molar-refractivity contribution is 0.765. The molecule has 0 bridgehead atoms. The zero-order valence-electron chi connectivity index (χ0n) is 11.2. The number of benzene rings is 1. The maximum atomic E-state index is 6.18. The molecule has 3 rings (SSSR count). The van der Waals surface area contributed by atoms with E-state index in [2.05, 4.69) is 15.1 Å². The van der Waals surface area contributed by atoms with E-state index in [4.69, 9.17) is 17.3 Å². The van der Waals surface area contributed by atoms with E-state index in [9.17, 15) is 0 Å². The highest BCUT2D eigenvalue weighted by atomic mass is 35.5. The predicted molar refractivity (Wildman–Crippen MR) is 79.7 cm³/mol.